The number of rotatable bonds is 6. The number of amides is 1. The van der Waals surface area contributed by atoms with Crippen molar-refractivity contribution in [2.45, 2.75) is 13.3 Å². The molecule has 0 bridgehead atoms. The number of nitrogens with zero attached hydrogens (tertiary/aromatic N) is 3. The molecular formula is C13H19N3O3. The molecule has 104 valence electrons. The van der Waals surface area contributed by atoms with Gasteiger partial charge in [0.2, 0.25) is 5.91 Å². The Bertz CT molecular complexity index is 443. The smallest absolute Gasteiger partial charge is 0.354 e. The molecule has 0 saturated carbocycles. The monoisotopic (exact) mass is 265 g/mol. The lowest BCUT2D eigenvalue weighted by Crippen LogP contribution is -2.37. The van der Waals surface area contributed by atoms with Crippen LogP contribution in [-0.2, 0) is 4.79 Å². The number of likely N-dealkylation sites (N-methyl/N-ethyl adjacent to an activating group) is 1. The van der Waals surface area contributed by atoms with Gasteiger partial charge in [0.15, 0.2) is 0 Å². The van der Waals surface area contributed by atoms with Gasteiger partial charge < -0.3 is 14.9 Å². The van der Waals surface area contributed by atoms with E-state index in [2.05, 4.69) is 4.98 Å². The highest BCUT2D eigenvalue weighted by Gasteiger charge is 2.13. The predicted molar refractivity (Wildman–Crippen MR) is 72.4 cm³/mol. The van der Waals surface area contributed by atoms with E-state index in [1.807, 2.05) is 11.8 Å². The third-order valence-corrected chi connectivity index (χ3v) is 2.65. The van der Waals surface area contributed by atoms with E-state index in [-0.39, 0.29) is 18.1 Å². The number of carboxylic acid groups (broad SMARTS) is 1. The summed E-state index contributed by atoms with van der Waals surface area (Å²) in [5.74, 6) is -1.06. The standard InChI is InChI=1S/C13H19N3O3/c1-4-7-16(9-12(17)15(2)3)10-5-6-11(13(18)19)14-8-10/h5-6,8H,4,7,9H2,1-3H3,(H,18,19). The molecular weight excluding hydrogens is 246 g/mol. The molecule has 1 amide bonds. The Morgan fingerprint density at radius 1 is 1.32 bits per heavy atom. The van der Waals surface area contributed by atoms with E-state index in [1.54, 1.807) is 20.2 Å². The van der Waals surface area contributed by atoms with Gasteiger partial charge >= 0.3 is 5.97 Å². The Hall–Kier alpha value is -2.11. The summed E-state index contributed by atoms with van der Waals surface area (Å²) in [5.41, 5.74) is 0.751. The lowest BCUT2D eigenvalue weighted by Gasteiger charge is -2.25. The molecule has 1 aromatic rings. The van der Waals surface area contributed by atoms with Gasteiger partial charge in [-0.25, -0.2) is 9.78 Å². The molecule has 0 spiro atoms. The Kier molecular flexibility index (Phi) is 5.29. The fourth-order valence-corrected chi connectivity index (χ4v) is 1.57. The van der Waals surface area contributed by atoms with Crippen LogP contribution in [0.5, 0.6) is 0 Å². The summed E-state index contributed by atoms with van der Waals surface area (Å²) in [4.78, 5) is 29.8. The minimum absolute atomic E-state index is 0.000801. The quantitative estimate of drug-likeness (QED) is 0.833. The van der Waals surface area contributed by atoms with Crippen LogP contribution in [0, 0.1) is 0 Å². The van der Waals surface area contributed by atoms with Crippen LogP contribution in [0.4, 0.5) is 5.69 Å². The van der Waals surface area contributed by atoms with Crippen LogP contribution in [0.15, 0.2) is 18.3 Å². The maximum atomic E-state index is 11.7. The summed E-state index contributed by atoms with van der Waals surface area (Å²) in [6.07, 6.45) is 2.38. The van der Waals surface area contributed by atoms with Gasteiger partial charge in [-0.3, -0.25) is 4.79 Å². The molecule has 0 aliphatic carbocycles. The van der Waals surface area contributed by atoms with Gasteiger partial charge in [-0.2, -0.15) is 0 Å². The number of hydrogen-bond donors (Lipinski definition) is 1. The Balaban J connectivity index is 2.86. The average Bonchev–Trinajstić information content (AvgIpc) is 2.38. The maximum Gasteiger partial charge on any atom is 0.354 e. The zero-order valence-corrected chi connectivity index (χ0v) is 11.5. The third kappa shape index (κ3) is 4.24. The van der Waals surface area contributed by atoms with E-state index in [0.717, 1.165) is 12.1 Å². The summed E-state index contributed by atoms with van der Waals surface area (Å²) in [5, 5.41) is 8.80. The van der Waals surface area contributed by atoms with Gasteiger partial charge in [0.1, 0.15) is 5.69 Å². The number of aromatic nitrogens is 1. The van der Waals surface area contributed by atoms with Crippen molar-refractivity contribution in [2.75, 3.05) is 32.1 Å². The van der Waals surface area contributed by atoms with Crippen molar-refractivity contribution in [3.8, 4) is 0 Å². The van der Waals surface area contributed by atoms with Crippen LogP contribution < -0.4 is 4.90 Å². The molecule has 1 aromatic heterocycles. The van der Waals surface area contributed by atoms with Crippen molar-refractivity contribution >= 4 is 17.6 Å². The first-order valence-electron chi connectivity index (χ1n) is 6.10. The number of hydrogen-bond acceptors (Lipinski definition) is 4. The highest BCUT2D eigenvalue weighted by atomic mass is 16.4. The number of carbonyl (C=O) groups is 2. The molecule has 1 rings (SSSR count). The Morgan fingerprint density at radius 3 is 2.42 bits per heavy atom. The van der Waals surface area contributed by atoms with Crippen LogP contribution >= 0.6 is 0 Å². The van der Waals surface area contributed by atoms with Gasteiger partial charge in [-0.1, -0.05) is 6.92 Å². The lowest BCUT2D eigenvalue weighted by atomic mass is 10.3. The zero-order chi connectivity index (χ0) is 14.4. The predicted octanol–water partition coefficient (Wildman–Crippen LogP) is 1.08. The van der Waals surface area contributed by atoms with Crippen molar-refractivity contribution in [2.24, 2.45) is 0 Å². The minimum Gasteiger partial charge on any atom is -0.477 e. The number of carbonyl (C=O) groups excluding carboxylic acids is 1. The SMILES string of the molecule is CCCN(CC(=O)N(C)C)c1ccc(C(=O)O)nc1. The fraction of sp³-hybridized carbons (Fsp3) is 0.462. The minimum atomic E-state index is -1.06. The van der Waals surface area contributed by atoms with Crippen molar-refractivity contribution < 1.29 is 14.7 Å². The molecule has 0 atom stereocenters. The van der Waals surface area contributed by atoms with Crippen molar-refractivity contribution in [1.82, 2.24) is 9.88 Å². The molecule has 0 aliphatic heterocycles. The maximum absolute atomic E-state index is 11.7. The summed E-state index contributed by atoms with van der Waals surface area (Å²) in [7, 11) is 3.41. The lowest BCUT2D eigenvalue weighted by molar-refractivity contribution is -0.127. The summed E-state index contributed by atoms with van der Waals surface area (Å²) < 4.78 is 0. The normalized spacial score (nSPS) is 10.1. The summed E-state index contributed by atoms with van der Waals surface area (Å²) in [6, 6.07) is 3.12. The van der Waals surface area contributed by atoms with Gasteiger partial charge in [0.25, 0.3) is 0 Å². The first kappa shape index (κ1) is 14.9. The van der Waals surface area contributed by atoms with Crippen LogP contribution in [0.2, 0.25) is 0 Å². The first-order chi connectivity index (χ1) is 8.95. The van der Waals surface area contributed by atoms with Crippen LogP contribution in [-0.4, -0.2) is 54.1 Å². The van der Waals surface area contributed by atoms with Gasteiger partial charge in [-0.05, 0) is 18.6 Å². The highest BCUT2D eigenvalue weighted by Crippen LogP contribution is 2.13. The van der Waals surface area contributed by atoms with Crippen molar-refractivity contribution in [3.63, 3.8) is 0 Å². The molecule has 1 N–H and O–H groups in total. The third-order valence-electron chi connectivity index (χ3n) is 2.65. The van der Waals surface area contributed by atoms with Crippen LogP contribution in [0.3, 0.4) is 0 Å². The average molecular weight is 265 g/mol. The largest absolute Gasteiger partial charge is 0.477 e. The molecule has 6 nitrogen and oxygen atoms in total. The molecule has 0 aliphatic rings. The summed E-state index contributed by atoms with van der Waals surface area (Å²) in [6.45, 7) is 2.99. The second kappa shape index (κ2) is 6.72. The number of carboxylic acids is 1. The first-order valence-corrected chi connectivity index (χ1v) is 6.10. The van der Waals surface area contributed by atoms with Crippen molar-refractivity contribution in [3.05, 3.63) is 24.0 Å². The molecule has 0 radical (unpaired) electrons. The van der Waals surface area contributed by atoms with E-state index in [4.69, 9.17) is 5.11 Å². The Labute approximate surface area is 112 Å². The van der Waals surface area contributed by atoms with Crippen LogP contribution in [0.25, 0.3) is 0 Å². The molecule has 0 fully saturated rings. The zero-order valence-electron chi connectivity index (χ0n) is 11.5. The number of aromatic carboxylic acids is 1. The Morgan fingerprint density at radius 2 is 2.00 bits per heavy atom. The van der Waals surface area contributed by atoms with E-state index >= 15 is 0 Å². The topological polar surface area (TPSA) is 73.7 Å². The van der Waals surface area contributed by atoms with Gasteiger partial charge in [0, 0.05) is 20.6 Å². The van der Waals surface area contributed by atoms with Gasteiger partial charge in [-0.15, -0.1) is 0 Å². The van der Waals surface area contributed by atoms with E-state index in [0.29, 0.717) is 6.54 Å². The van der Waals surface area contributed by atoms with E-state index < -0.39 is 5.97 Å². The second-order valence-electron chi connectivity index (χ2n) is 4.42. The molecule has 0 saturated heterocycles. The van der Waals surface area contributed by atoms with Gasteiger partial charge in [0.05, 0.1) is 18.4 Å². The highest BCUT2D eigenvalue weighted by molar-refractivity contribution is 5.85. The van der Waals surface area contributed by atoms with Crippen molar-refractivity contribution in [1.29, 1.82) is 0 Å². The number of pyridine rings is 1. The number of anilines is 1. The molecule has 19 heavy (non-hydrogen) atoms. The van der Waals surface area contributed by atoms with E-state index in [1.165, 1.54) is 17.2 Å². The summed E-state index contributed by atoms with van der Waals surface area (Å²) >= 11 is 0. The molecule has 0 unspecified atom stereocenters. The molecule has 6 heteroatoms. The second-order valence-corrected chi connectivity index (χ2v) is 4.42. The molecule has 0 aromatic carbocycles. The molecule has 1 heterocycles. The van der Waals surface area contributed by atoms with E-state index in [9.17, 15) is 9.59 Å². The fourth-order valence-electron chi connectivity index (χ4n) is 1.57. The van der Waals surface area contributed by atoms with Crippen LogP contribution in [0.1, 0.15) is 23.8 Å².